The smallest absolute Gasteiger partial charge is 0.311 e. The first-order valence-corrected chi connectivity index (χ1v) is 10.7. The van der Waals surface area contributed by atoms with Crippen molar-refractivity contribution in [3.63, 3.8) is 0 Å². The van der Waals surface area contributed by atoms with Gasteiger partial charge in [-0.2, -0.15) is 0 Å². The van der Waals surface area contributed by atoms with Crippen molar-refractivity contribution < 1.29 is 34.2 Å². The highest BCUT2D eigenvalue weighted by molar-refractivity contribution is 5.70. The zero-order chi connectivity index (χ0) is 22.4. The number of hydrogen-bond acceptors (Lipinski definition) is 3. The standard InChI is InChI=1S/C22H39NO6/c1-5-6-7-8-9-10-11-12-13-23(14-17(2)20(24)25,15-18(3)21(26)27)16-19(4)22(28)29/h11-12,17-19H,5-10,13-16H2,1-4H3,(H2-,24,25,26,27,28,29)/p+1/b12-11+. The van der Waals surface area contributed by atoms with Crippen molar-refractivity contribution >= 4 is 17.9 Å². The van der Waals surface area contributed by atoms with Crippen LogP contribution >= 0.6 is 0 Å². The maximum atomic E-state index is 11.5. The molecule has 168 valence electrons. The topological polar surface area (TPSA) is 112 Å². The van der Waals surface area contributed by atoms with Gasteiger partial charge in [0.05, 0.1) is 26.2 Å². The molecule has 0 aliphatic carbocycles. The molecular formula is C22H40NO6+. The van der Waals surface area contributed by atoms with E-state index in [2.05, 4.69) is 13.0 Å². The minimum Gasteiger partial charge on any atom is -0.481 e. The Bertz CT molecular complexity index is 490. The number of hydrogen-bond donors (Lipinski definition) is 3. The van der Waals surface area contributed by atoms with Gasteiger partial charge in [0.2, 0.25) is 0 Å². The molecule has 0 aromatic carbocycles. The summed E-state index contributed by atoms with van der Waals surface area (Å²) >= 11 is 0. The number of nitrogens with zero attached hydrogens (tertiary/aromatic N) is 1. The number of carbonyl (C=O) groups is 3. The molecule has 0 fully saturated rings. The van der Waals surface area contributed by atoms with Crippen LogP contribution in [0.25, 0.3) is 0 Å². The lowest BCUT2D eigenvalue weighted by Crippen LogP contribution is -2.57. The summed E-state index contributed by atoms with van der Waals surface area (Å²) < 4.78 is 0.140. The molecule has 0 rings (SSSR count). The van der Waals surface area contributed by atoms with Crippen LogP contribution in [0.1, 0.15) is 66.2 Å². The van der Waals surface area contributed by atoms with Crippen LogP contribution in [-0.4, -0.2) is 63.9 Å². The first-order chi connectivity index (χ1) is 13.5. The van der Waals surface area contributed by atoms with E-state index in [9.17, 15) is 29.7 Å². The fraction of sp³-hybridized carbons (Fsp3) is 0.773. The number of unbranched alkanes of at least 4 members (excludes halogenated alkanes) is 5. The first-order valence-electron chi connectivity index (χ1n) is 10.7. The SMILES string of the molecule is CCCCCCC/C=C/C[N+](CC(C)C(=O)O)(CC(C)C(=O)O)CC(C)C(=O)O. The van der Waals surface area contributed by atoms with Crippen LogP contribution in [0.5, 0.6) is 0 Å². The Morgan fingerprint density at radius 3 is 1.52 bits per heavy atom. The Hall–Kier alpha value is -1.89. The maximum absolute atomic E-state index is 11.5. The van der Waals surface area contributed by atoms with E-state index in [1.165, 1.54) is 25.7 Å². The van der Waals surface area contributed by atoms with Crippen molar-refractivity contribution in [2.75, 3.05) is 26.2 Å². The first kappa shape index (κ1) is 27.1. The molecule has 0 saturated carbocycles. The summed E-state index contributed by atoms with van der Waals surface area (Å²) in [5.41, 5.74) is 0. The lowest BCUT2D eigenvalue weighted by molar-refractivity contribution is -0.928. The summed E-state index contributed by atoms with van der Waals surface area (Å²) in [6.07, 6.45) is 10.8. The average molecular weight is 415 g/mol. The third-order valence-electron chi connectivity index (χ3n) is 5.38. The normalized spacial score (nSPS) is 16.8. The van der Waals surface area contributed by atoms with Crippen molar-refractivity contribution in [3.8, 4) is 0 Å². The van der Waals surface area contributed by atoms with E-state index in [0.717, 1.165) is 12.8 Å². The predicted molar refractivity (Wildman–Crippen MR) is 113 cm³/mol. The van der Waals surface area contributed by atoms with Crippen molar-refractivity contribution in [1.82, 2.24) is 0 Å². The van der Waals surface area contributed by atoms with Gasteiger partial charge in [-0.15, -0.1) is 0 Å². The van der Waals surface area contributed by atoms with Gasteiger partial charge >= 0.3 is 17.9 Å². The van der Waals surface area contributed by atoms with Gasteiger partial charge in [0.1, 0.15) is 17.8 Å². The van der Waals surface area contributed by atoms with Gasteiger partial charge in [-0.05, 0) is 39.7 Å². The molecule has 0 aliphatic rings. The van der Waals surface area contributed by atoms with Crippen molar-refractivity contribution in [1.29, 1.82) is 0 Å². The summed E-state index contributed by atoms with van der Waals surface area (Å²) in [5, 5.41) is 28.2. The number of rotatable bonds is 17. The Labute approximate surface area is 175 Å². The number of quaternary nitrogens is 1. The van der Waals surface area contributed by atoms with Crippen LogP contribution in [-0.2, 0) is 14.4 Å². The second-order valence-electron chi connectivity index (χ2n) is 8.46. The van der Waals surface area contributed by atoms with Gasteiger partial charge in [0, 0.05) is 0 Å². The molecule has 3 unspecified atom stereocenters. The molecule has 0 aromatic rings. The van der Waals surface area contributed by atoms with E-state index < -0.39 is 35.7 Å². The minimum atomic E-state index is -0.960. The number of carboxylic acid groups (broad SMARTS) is 3. The van der Waals surface area contributed by atoms with Gasteiger partial charge in [-0.1, -0.05) is 38.7 Å². The Kier molecular flexibility index (Phi) is 13.2. The Morgan fingerprint density at radius 2 is 1.14 bits per heavy atom. The largest absolute Gasteiger partial charge is 0.481 e. The van der Waals surface area contributed by atoms with Crippen molar-refractivity contribution in [2.24, 2.45) is 17.8 Å². The third kappa shape index (κ3) is 11.6. The molecule has 0 aromatic heterocycles. The maximum Gasteiger partial charge on any atom is 0.311 e. The molecular weight excluding hydrogens is 374 g/mol. The van der Waals surface area contributed by atoms with E-state index in [1.807, 2.05) is 6.08 Å². The molecule has 3 N–H and O–H groups in total. The summed E-state index contributed by atoms with van der Waals surface area (Å²) in [6, 6.07) is 0. The average Bonchev–Trinajstić information content (AvgIpc) is 2.63. The van der Waals surface area contributed by atoms with Gasteiger partial charge < -0.3 is 19.8 Å². The summed E-state index contributed by atoms with van der Waals surface area (Å²) in [7, 11) is 0. The summed E-state index contributed by atoms with van der Waals surface area (Å²) in [6.45, 7) is 7.97. The number of aliphatic carboxylic acids is 3. The van der Waals surface area contributed by atoms with Crippen LogP contribution in [0.15, 0.2) is 12.2 Å². The van der Waals surface area contributed by atoms with Crippen molar-refractivity contribution in [3.05, 3.63) is 12.2 Å². The zero-order valence-corrected chi connectivity index (χ0v) is 18.5. The molecule has 29 heavy (non-hydrogen) atoms. The Morgan fingerprint density at radius 1 is 0.724 bits per heavy atom. The second-order valence-corrected chi connectivity index (χ2v) is 8.46. The molecule has 7 nitrogen and oxygen atoms in total. The fourth-order valence-corrected chi connectivity index (χ4v) is 3.71. The van der Waals surface area contributed by atoms with Gasteiger partial charge in [-0.25, -0.2) is 0 Å². The molecule has 0 radical (unpaired) electrons. The molecule has 0 amide bonds. The van der Waals surface area contributed by atoms with Crippen LogP contribution in [0, 0.1) is 17.8 Å². The van der Waals surface area contributed by atoms with Crippen LogP contribution < -0.4 is 0 Å². The van der Waals surface area contributed by atoms with E-state index in [1.54, 1.807) is 20.8 Å². The van der Waals surface area contributed by atoms with Crippen LogP contribution in [0.2, 0.25) is 0 Å². The van der Waals surface area contributed by atoms with Crippen LogP contribution in [0.3, 0.4) is 0 Å². The van der Waals surface area contributed by atoms with E-state index in [-0.39, 0.29) is 24.1 Å². The highest BCUT2D eigenvalue weighted by Gasteiger charge is 2.37. The number of carboxylic acids is 3. The summed E-state index contributed by atoms with van der Waals surface area (Å²) in [5.74, 6) is -4.96. The van der Waals surface area contributed by atoms with E-state index in [0.29, 0.717) is 6.54 Å². The third-order valence-corrected chi connectivity index (χ3v) is 5.38. The molecule has 7 heteroatoms. The molecule has 0 bridgehead atoms. The minimum absolute atomic E-state index is 0.140. The van der Waals surface area contributed by atoms with E-state index >= 15 is 0 Å². The van der Waals surface area contributed by atoms with Gasteiger partial charge in [0.15, 0.2) is 0 Å². The molecule has 0 spiro atoms. The fourth-order valence-electron chi connectivity index (χ4n) is 3.71. The van der Waals surface area contributed by atoms with Crippen molar-refractivity contribution in [2.45, 2.75) is 66.2 Å². The Balaban J connectivity index is 5.37. The quantitative estimate of drug-likeness (QED) is 0.189. The van der Waals surface area contributed by atoms with Gasteiger partial charge in [-0.3, -0.25) is 14.4 Å². The predicted octanol–water partition coefficient (Wildman–Crippen LogP) is 3.88. The lowest BCUT2D eigenvalue weighted by atomic mass is 10.0. The number of allylic oxidation sites excluding steroid dienone is 1. The van der Waals surface area contributed by atoms with Gasteiger partial charge in [0.25, 0.3) is 0 Å². The monoisotopic (exact) mass is 414 g/mol. The van der Waals surface area contributed by atoms with E-state index in [4.69, 9.17) is 0 Å². The summed E-state index contributed by atoms with van der Waals surface area (Å²) in [4.78, 5) is 34.4. The molecule has 0 heterocycles. The lowest BCUT2D eigenvalue weighted by Gasteiger charge is -2.41. The second kappa shape index (κ2) is 14.1. The van der Waals surface area contributed by atoms with Crippen LogP contribution in [0.4, 0.5) is 0 Å². The zero-order valence-electron chi connectivity index (χ0n) is 18.5. The highest BCUT2D eigenvalue weighted by atomic mass is 16.4. The molecule has 0 saturated heterocycles. The molecule has 0 aliphatic heterocycles. The highest BCUT2D eigenvalue weighted by Crippen LogP contribution is 2.20. The molecule has 3 atom stereocenters.